The van der Waals surface area contributed by atoms with E-state index in [1.165, 1.54) is 6.92 Å². The van der Waals surface area contributed by atoms with Gasteiger partial charge in [-0.15, -0.1) is 0 Å². The first-order valence-electron chi connectivity index (χ1n) is 13.3. The predicted molar refractivity (Wildman–Crippen MR) is 136 cm³/mol. The molecule has 0 aromatic rings. The van der Waals surface area contributed by atoms with E-state index in [9.17, 15) is 28.8 Å². The fraction of sp³-hybridized carbons (Fsp3) is 0.731. The fourth-order valence-electron chi connectivity index (χ4n) is 4.81. The molecule has 0 saturated carbocycles. The summed E-state index contributed by atoms with van der Waals surface area (Å²) in [5.74, 6) is -4.35. The van der Waals surface area contributed by atoms with Gasteiger partial charge in [-0.25, -0.2) is 4.99 Å². The highest BCUT2D eigenvalue weighted by molar-refractivity contribution is 5.75. The van der Waals surface area contributed by atoms with Crippen molar-refractivity contribution in [2.45, 2.75) is 110 Å². The zero-order valence-electron chi connectivity index (χ0n) is 24.7. The molecule has 0 aliphatic carbocycles. The quantitative estimate of drug-likeness (QED) is 0.223. The molecule has 0 unspecified atom stereocenters. The number of ether oxygens (including phenoxy) is 10. The maximum Gasteiger partial charge on any atom is 0.303 e. The molecule has 43 heavy (non-hydrogen) atoms. The second kappa shape index (κ2) is 14.6. The van der Waals surface area contributed by atoms with Gasteiger partial charge >= 0.3 is 35.8 Å². The van der Waals surface area contributed by atoms with Gasteiger partial charge in [0.2, 0.25) is 0 Å². The molecule has 17 nitrogen and oxygen atoms in total. The number of aliphatic imine (C=N–C) groups is 1. The Balaban J connectivity index is 2.07. The Bertz CT molecular complexity index is 1120. The van der Waals surface area contributed by atoms with E-state index in [-0.39, 0.29) is 12.5 Å². The second-order valence-corrected chi connectivity index (χ2v) is 9.84. The highest BCUT2D eigenvalue weighted by Crippen LogP contribution is 2.36. The standard InChI is InChI=1S/C26H35NO16/c1-10-27-25-23(36-10)21(38-14(5)31)20(17(41-25)8-34-11(2)28)43-26-24(40-16(7)33)22(39-15(6)32)19(37-13(4)30)18(42-26)9-35-12(3)29/h17-26H,8-9H2,1-7H3/t17-,18-,19-,20-,21+,22+,23-,24-,25+,26+/m1/s1. The van der Waals surface area contributed by atoms with Crippen LogP contribution in [0.15, 0.2) is 4.99 Å². The van der Waals surface area contributed by atoms with Crippen LogP contribution in [0.1, 0.15) is 48.5 Å². The molecule has 2 saturated heterocycles. The number of carbonyl (C=O) groups is 6. The molecule has 0 spiro atoms. The maximum absolute atomic E-state index is 12.2. The van der Waals surface area contributed by atoms with Crippen LogP contribution in [0.3, 0.4) is 0 Å². The normalized spacial score (nSPS) is 33.0. The molecule has 3 aliphatic rings. The van der Waals surface area contributed by atoms with Crippen LogP contribution < -0.4 is 0 Å². The average molecular weight is 618 g/mol. The summed E-state index contributed by atoms with van der Waals surface area (Å²) in [6.07, 6.45) is -13.1. The molecule has 3 rings (SSSR count). The molecule has 17 heteroatoms. The molecule has 10 atom stereocenters. The van der Waals surface area contributed by atoms with E-state index in [2.05, 4.69) is 4.99 Å². The van der Waals surface area contributed by atoms with E-state index >= 15 is 0 Å². The van der Waals surface area contributed by atoms with Gasteiger partial charge in [0.15, 0.2) is 48.9 Å². The minimum Gasteiger partial charge on any atom is -0.469 e. The number of hydrogen-bond acceptors (Lipinski definition) is 17. The zero-order chi connectivity index (χ0) is 32.0. The summed E-state index contributed by atoms with van der Waals surface area (Å²) >= 11 is 0. The number of rotatable bonds is 10. The largest absolute Gasteiger partial charge is 0.469 e. The minimum absolute atomic E-state index is 0.228. The van der Waals surface area contributed by atoms with E-state index in [4.69, 9.17) is 47.4 Å². The Kier molecular flexibility index (Phi) is 11.4. The summed E-state index contributed by atoms with van der Waals surface area (Å²) in [6, 6.07) is 0. The lowest BCUT2D eigenvalue weighted by molar-refractivity contribution is -0.342. The molecule has 0 aromatic heterocycles. The molecule has 3 heterocycles. The van der Waals surface area contributed by atoms with Crippen LogP contribution in [0.25, 0.3) is 0 Å². The molecular formula is C26H35NO16. The summed E-state index contributed by atoms with van der Waals surface area (Å²) in [6.45, 7) is 7.36. The molecule has 0 amide bonds. The summed E-state index contributed by atoms with van der Waals surface area (Å²) in [7, 11) is 0. The molecular weight excluding hydrogens is 582 g/mol. The van der Waals surface area contributed by atoms with Crippen LogP contribution in [0.5, 0.6) is 0 Å². The predicted octanol–water partition coefficient (Wildman–Crippen LogP) is -0.508. The minimum atomic E-state index is -1.65. The van der Waals surface area contributed by atoms with Gasteiger partial charge in [-0.2, -0.15) is 0 Å². The summed E-state index contributed by atoms with van der Waals surface area (Å²) in [5, 5.41) is 0. The van der Waals surface area contributed by atoms with Crippen LogP contribution in [-0.2, 0) is 76.1 Å². The Labute approximate surface area is 246 Å². The van der Waals surface area contributed by atoms with Crippen molar-refractivity contribution in [1.82, 2.24) is 0 Å². The highest BCUT2D eigenvalue weighted by atomic mass is 16.8. The first-order valence-corrected chi connectivity index (χ1v) is 13.3. The van der Waals surface area contributed by atoms with Crippen LogP contribution in [0, 0.1) is 0 Å². The van der Waals surface area contributed by atoms with Gasteiger partial charge in [0.1, 0.15) is 31.5 Å². The number of fused-ring (bicyclic) bond motifs is 1. The van der Waals surface area contributed by atoms with E-state index in [0.29, 0.717) is 0 Å². The summed E-state index contributed by atoms with van der Waals surface area (Å²) < 4.78 is 56.0. The zero-order valence-corrected chi connectivity index (χ0v) is 24.7. The number of hydrogen-bond donors (Lipinski definition) is 0. The average Bonchev–Trinajstić information content (AvgIpc) is 3.25. The van der Waals surface area contributed by atoms with Crippen LogP contribution >= 0.6 is 0 Å². The van der Waals surface area contributed by atoms with Crippen molar-refractivity contribution in [3.63, 3.8) is 0 Å². The maximum atomic E-state index is 12.2. The van der Waals surface area contributed by atoms with Gasteiger partial charge < -0.3 is 47.4 Å². The first-order chi connectivity index (χ1) is 20.2. The van der Waals surface area contributed by atoms with Gasteiger partial charge in [-0.3, -0.25) is 28.8 Å². The third-order valence-corrected chi connectivity index (χ3v) is 6.22. The van der Waals surface area contributed by atoms with Crippen LogP contribution in [0.2, 0.25) is 0 Å². The molecule has 0 bridgehead atoms. The fourth-order valence-corrected chi connectivity index (χ4v) is 4.81. The topological polar surface area (TPSA) is 207 Å². The molecule has 0 radical (unpaired) electrons. The van der Waals surface area contributed by atoms with Gasteiger partial charge in [-0.1, -0.05) is 0 Å². The van der Waals surface area contributed by atoms with Crippen molar-refractivity contribution in [3.8, 4) is 0 Å². The van der Waals surface area contributed by atoms with Gasteiger partial charge in [0, 0.05) is 48.5 Å². The third kappa shape index (κ3) is 9.08. The van der Waals surface area contributed by atoms with Crippen molar-refractivity contribution in [2.24, 2.45) is 4.99 Å². The number of carbonyl (C=O) groups excluding carboxylic acids is 6. The SMILES string of the molecule is CC(=O)OC[C@H]1O[C@@H]2N=C(C)O[C@@H]2[C@@H](OC(C)=O)[C@@H]1O[C@@H]1O[C@H](COC(C)=O)[C@@H](OC(C)=O)[C@H](OC(C)=O)[C@H]1OC(C)=O. The molecule has 3 aliphatic heterocycles. The summed E-state index contributed by atoms with van der Waals surface area (Å²) in [4.78, 5) is 76.1. The molecule has 240 valence electrons. The third-order valence-electron chi connectivity index (χ3n) is 6.22. The van der Waals surface area contributed by atoms with E-state index < -0.39 is 104 Å². The van der Waals surface area contributed by atoms with Gasteiger partial charge in [0.25, 0.3) is 0 Å². The lowest BCUT2D eigenvalue weighted by atomic mass is 9.96. The lowest BCUT2D eigenvalue weighted by Crippen LogP contribution is -2.66. The van der Waals surface area contributed by atoms with E-state index in [1.807, 2.05) is 0 Å². The van der Waals surface area contributed by atoms with Crippen LogP contribution in [0.4, 0.5) is 0 Å². The second-order valence-electron chi connectivity index (χ2n) is 9.84. The van der Waals surface area contributed by atoms with Gasteiger partial charge in [-0.05, 0) is 0 Å². The smallest absolute Gasteiger partial charge is 0.303 e. The molecule has 0 N–H and O–H groups in total. The van der Waals surface area contributed by atoms with Crippen molar-refractivity contribution in [2.75, 3.05) is 13.2 Å². The van der Waals surface area contributed by atoms with E-state index in [1.54, 1.807) is 6.92 Å². The Hall–Kier alpha value is -3.83. The highest BCUT2D eigenvalue weighted by Gasteiger charge is 2.58. The monoisotopic (exact) mass is 617 g/mol. The van der Waals surface area contributed by atoms with Crippen molar-refractivity contribution in [3.05, 3.63) is 0 Å². The lowest BCUT2D eigenvalue weighted by Gasteiger charge is -2.47. The molecule has 2 fully saturated rings. The van der Waals surface area contributed by atoms with Gasteiger partial charge in [0.05, 0.1) is 0 Å². The molecule has 0 aromatic carbocycles. The Morgan fingerprint density at radius 2 is 1.07 bits per heavy atom. The van der Waals surface area contributed by atoms with Crippen LogP contribution in [-0.4, -0.2) is 116 Å². The summed E-state index contributed by atoms with van der Waals surface area (Å²) in [5.41, 5.74) is 0. The van der Waals surface area contributed by atoms with Crippen molar-refractivity contribution in [1.29, 1.82) is 0 Å². The van der Waals surface area contributed by atoms with Crippen molar-refractivity contribution >= 4 is 41.7 Å². The Morgan fingerprint density at radius 1 is 0.605 bits per heavy atom. The first kappa shape index (κ1) is 33.7. The number of nitrogens with zero attached hydrogens (tertiary/aromatic N) is 1. The number of esters is 6. The van der Waals surface area contributed by atoms with Crippen molar-refractivity contribution < 1.29 is 76.1 Å². The Morgan fingerprint density at radius 3 is 1.58 bits per heavy atom. The van der Waals surface area contributed by atoms with E-state index in [0.717, 1.165) is 34.6 Å².